The van der Waals surface area contributed by atoms with E-state index in [1.807, 2.05) is 0 Å². The molecule has 76 valence electrons. The minimum Gasteiger partial charge on any atom is -0.480 e. The topological polar surface area (TPSA) is 102 Å². The summed E-state index contributed by atoms with van der Waals surface area (Å²) in [4.78, 5) is 13.9. The lowest BCUT2D eigenvalue weighted by atomic mass is 10.2. The van der Waals surface area contributed by atoms with Crippen LogP contribution in [0.2, 0.25) is 0 Å². The van der Waals surface area contributed by atoms with Crippen LogP contribution in [0.1, 0.15) is 12.8 Å². The second kappa shape index (κ2) is 6.36. The van der Waals surface area contributed by atoms with Crippen molar-refractivity contribution in [1.82, 2.24) is 0 Å². The Morgan fingerprint density at radius 3 is 2.69 bits per heavy atom. The minimum atomic E-state index is -1.04. The Kier molecular flexibility index (Phi) is 5.79. The van der Waals surface area contributed by atoms with Crippen LogP contribution >= 0.6 is 0 Å². The quantitative estimate of drug-likeness (QED) is 0.299. The van der Waals surface area contributed by atoms with Gasteiger partial charge in [-0.25, -0.2) is 4.39 Å². The number of nitrogens with two attached hydrogens (primary N) is 2. The summed E-state index contributed by atoms with van der Waals surface area (Å²) in [7, 11) is 0. The second-order valence-corrected chi connectivity index (χ2v) is 2.59. The minimum absolute atomic E-state index is 0.0658. The SMILES string of the molecule is NC(CF)=NCCC[C@H](N)C(=O)O. The van der Waals surface area contributed by atoms with Crippen LogP contribution in [0.25, 0.3) is 0 Å². The number of amidine groups is 1. The Morgan fingerprint density at radius 2 is 2.23 bits per heavy atom. The van der Waals surface area contributed by atoms with Crippen LogP contribution in [-0.4, -0.2) is 36.2 Å². The van der Waals surface area contributed by atoms with Gasteiger partial charge in [0.2, 0.25) is 0 Å². The van der Waals surface area contributed by atoms with Crippen molar-refractivity contribution in [1.29, 1.82) is 0 Å². The van der Waals surface area contributed by atoms with Crippen molar-refractivity contribution in [3.63, 3.8) is 0 Å². The van der Waals surface area contributed by atoms with E-state index >= 15 is 0 Å². The fraction of sp³-hybridized carbons (Fsp3) is 0.714. The van der Waals surface area contributed by atoms with Gasteiger partial charge < -0.3 is 16.6 Å². The van der Waals surface area contributed by atoms with Crippen LogP contribution in [0.5, 0.6) is 0 Å². The Morgan fingerprint density at radius 1 is 1.62 bits per heavy atom. The van der Waals surface area contributed by atoms with Crippen LogP contribution in [0, 0.1) is 0 Å². The van der Waals surface area contributed by atoms with Crippen molar-refractivity contribution < 1.29 is 14.3 Å². The van der Waals surface area contributed by atoms with Crippen molar-refractivity contribution in [2.24, 2.45) is 16.5 Å². The molecule has 5 N–H and O–H groups in total. The van der Waals surface area contributed by atoms with E-state index in [1.165, 1.54) is 0 Å². The monoisotopic (exact) mass is 191 g/mol. The number of carboxylic acid groups (broad SMARTS) is 1. The van der Waals surface area contributed by atoms with Crippen LogP contribution < -0.4 is 11.5 Å². The molecule has 0 aliphatic heterocycles. The van der Waals surface area contributed by atoms with Gasteiger partial charge in [0.15, 0.2) is 0 Å². The predicted molar refractivity (Wildman–Crippen MR) is 47.3 cm³/mol. The highest BCUT2D eigenvalue weighted by atomic mass is 19.1. The number of hydrogen-bond donors (Lipinski definition) is 3. The maximum absolute atomic E-state index is 11.7. The fourth-order valence-corrected chi connectivity index (χ4v) is 0.700. The Labute approximate surface area is 75.6 Å². The zero-order chi connectivity index (χ0) is 10.3. The predicted octanol–water partition coefficient (Wildman–Crippen LogP) is -0.495. The zero-order valence-corrected chi connectivity index (χ0v) is 7.24. The van der Waals surface area contributed by atoms with Crippen molar-refractivity contribution in [2.45, 2.75) is 18.9 Å². The summed E-state index contributed by atoms with van der Waals surface area (Å²) in [5, 5.41) is 8.39. The number of carbonyl (C=O) groups is 1. The first kappa shape index (κ1) is 11.8. The summed E-state index contributed by atoms with van der Waals surface area (Å²) >= 11 is 0. The van der Waals surface area contributed by atoms with Gasteiger partial charge in [0.1, 0.15) is 18.6 Å². The van der Waals surface area contributed by atoms with Gasteiger partial charge in [-0.15, -0.1) is 0 Å². The van der Waals surface area contributed by atoms with E-state index in [9.17, 15) is 9.18 Å². The molecular formula is C7H14FN3O2. The molecule has 0 amide bonds. The molecule has 0 bridgehead atoms. The molecule has 0 saturated heterocycles. The highest BCUT2D eigenvalue weighted by Gasteiger charge is 2.09. The molecule has 0 rings (SSSR count). The third-order valence-corrected chi connectivity index (χ3v) is 1.44. The van der Waals surface area contributed by atoms with Gasteiger partial charge in [0.25, 0.3) is 0 Å². The number of aliphatic carboxylic acids is 1. The lowest BCUT2D eigenvalue weighted by Gasteiger charge is -2.03. The van der Waals surface area contributed by atoms with Gasteiger partial charge >= 0.3 is 5.97 Å². The van der Waals surface area contributed by atoms with Gasteiger partial charge in [-0.2, -0.15) is 0 Å². The molecule has 0 saturated carbocycles. The van der Waals surface area contributed by atoms with E-state index in [0.717, 1.165) is 0 Å². The smallest absolute Gasteiger partial charge is 0.320 e. The largest absolute Gasteiger partial charge is 0.480 e. The maximum atomic E-state index is 11.7. The van der Waals surface area contributed by atoms with Crippen LogP contribution in [-0.2, 0) is 4.79 Å². The number of carboxylic acids is 1. The van der Waals surface area contributed by atoms with E-state index in [4.69, 9.17) is 16.6 Å². The zero-order valence-electron chi connectivity index (χ0n) is 7.24. The molecule has 0 spiro atoms. The molecule has 0 fully saturated rings. The first-order chi connectivity index (χ1) is 6.07. The highest BCUT2D eigenvalue weighted by molar-refractivity contribution is 5.81. The third-order valence-electron chi connectivity index (χ3n) is 1.44. The summed E-state index contributed by atoms with van der Waals surface area (Å²) < 4.78 is 11.7. The molecule has 6 heteroatoms. The average Bonchev–Trinajstić information content (AvgIpc) is 2.11. The third kappa shape index (κ3) is 6.03. The van der Waals surface area contributed by atoms with Gasteiger partial charge in [0.05, 0.1) is 0 Å². The van der Waals surface area contributed by atoms with Crippen molar-refractivity contribution in [3.05, 3.63) is 0 Å². The molecule has 0 aliphatic carbocycles. The molecule has 0 aromatic heterocycles. The number of halogens is 1. The summed E-state index contributed by atoms with van der Waals surface area (Å²) in [6.45, 7) is -0.457. The maximum Gasteiger partial charge on any atom is 0.320 e. The standard InChI is InChI=1S/C7H14FN3O2/c8-4-6(10)11-3-1-2-5(9)7(12)13/h5H,1-4,9H2,(H2,10,11)(H,12,13)/t5-/m0/s1. The first-order valence-corrected chi connectivity index (χ1v) is 3.91. The molecule has 13 heavy (non-hydrogen) atoms. The van der Waals surface area contributed by atoms with Gasteiger partial charge in [-0.05, 0) is 12.8 Å². The van der Waals surface area contributed by atoms with Gasteiger partial charge in [-0.3, -0.25) is 9.79 Å². The van der Waals surface area contributed by atoms with Crippen LogP contribution in [0.15, 0.2) is 4.99 Å². The summed E-state index contributed by atoms with van der Waals surface area (Å²) in [5.74, 6) is -1.11. The molecule has 1 atom stereocenters. The van der Waals surface area contributed by atoms with E-state index < -0.39 is 18.7 Å². The van der Waals surface area contributed by atoms with Gasteiger partial charge in [-0.1, -0.05) is 0 Å². The van der Waals surface area contributed by atoms with Gasteiger partial charge in [0, 0.05) is 6.54 Å². The molecule has 0 radical (unpaired) electrons. The second-order valence-electron chi connectivity index (χ2n) is 2.59. The molecule has 0 heterocycles. The lowest BCUT2D eigenvalue weighted by molar-refractivity contribution is -0.138. The van der Waals surface area contributed by atoms with Crippen LogP contribution in [0.3, 0.4) is 0 Å². The average molecular weight is 191 g/mol. The van der Waals surface area contributed by atoms with Crippen molar-refractivity contribution in [3.8, 4) is 0 Å². The van der Waals surface area contributed by atoms with E-state index in [1.54, 1.807) is 0 Å². The Balaban J connectivity index is 3.51. The van der Waals surface area contributed by atoms with E-state index in [-0.39, 0.29) is 5.84 Å². The number of rotatable bonds is 6. The number of aliphatic imine (C=N–C) groups is 1. The van der Waals surface area contributed by atoms with Crippen molar-refractivity contribution >= 4 is 11.8 Å². The summed E-state index contributed by atoms with van der Waals surface area (Å²) in [6.07, 6.45) is 0.812. The molecular weight excluding hydrogens is 177 g/mol. The van der Waals surface area contributed by atoms with E-state index in [2.05, 4.69) is 4.99 Å². The molecule has 0 unspecified atom stereocenters. The van der Waals surface area contributed by atoms with Crippen LogP contribution in [0.4, 0.5) is 4.39 Å². The highest BCUT2D eigenvalue weighted by Crippen LogP contribution is 1.95. The van der Waals surface area contributed by atoms with E-state index in [0.29, 0.717) is 19.4 Å². The van der Waals surface area contributed by atoms with Crippen molar-refractivity contribution in [2.75, 3.05) is 13.2 Å². The Hall–Kier alpha value is -1.17. The Bertz CT molecular complexity index is 196. The number of nitrogens with zero attached hydrogens (tertiary/aromatic N) is 1. The molecule has 5 nitrogen and oxygen atoms in total. The number of hydrogen-bond acceptors (Lipinski definition) is 3. The molecule has 0 aromatic carbocycles. The lowest BCUT2D eigenvalue weighted by Crippen LogP contribution is -2.30. The first-order valence-electron chi connectivity index (χ1n) is 3.91. The normalized spacial score (nSPS) is 14.2. The molecule has 0 aliphatic rings. The molecule has 0 aromatic rings. The number of alkyl halides is 1. The fourth-order valence-electron chi connectivity index (χ4n) is 0.700. The summed E-state index contributed by atoms with van der Waals surface area (Å²) in [5.41, 5.74) is 10.3. The summed E-state index contributed by atoms with van der Waals surface area (Å²) in [6, 6.07) is -0.873.